The molecule has 0 radical (unpaired) electrons. The van der Waals surface area contributed by atoms with Gasteiger partial charge in [-0.05, 0) is 68.8 Å². The summed E-state index contributed by atoms with van der Waals surface area (Å²) < 4.78 is 48.1. The van der Waals surface area contributed by atoms with Gasteiger partial charge in [0.1, 0.15) is 12.3 Å². The Morgan fingerprint density at radius 3 is 2.43 bits per heavy atom. The largest absolute Gasteiger partial charge is 0.485 e. The lowest BCUT2D eigenvalue weighted by Gasteiger charge is -2.13. The van der Waals surface area contributed by atoms with Gasteiger partial charge in [0, 0.05) is 11.9 Å². The molecule has 0 saturated heterocycles. The molecule has 188 valence electrons. The number of ether oxygens (including phenoxy) is 1. The van der Waals surface area contributed by atoms with Crippen LogP contribution in [0.2, 0.25) is 0 Å². The fourth-order valence-corrected chi connectivity index (χ4v) is 4.19. The molecule has 9 heteroatoms. The molecule has 3 aromatic heterocycles. The van der Waals surface area contributed by atoms with Gasteiger partial charge in [-0.3, -0.25) is 9.20 Å². The van der Waals surface area contributed by atoms with E-state index in [-0.39, 0.29) is 23.6 Å². The zero-order valence-electron chi connectivity index (χ0n) is 20.4. The average Bonchev–Trinajstić information content (AvgIpc) is 3.24. The van der Waals surface area contributed by atoms with E-state index in [9.17, 15) is 18.0 Å². The number of nitrogens with zero attached hydrogens (tertiary/aromatic N) is 4. The maximum absolute atomic E-state index is 13.5. The summed E-state index contributed by atoms with van der Waals surface area (Å²) in [4.78, 5) is 18.1. The van der Waals surface area contributed by atoms with Gasteiger partial charge in [-0.1, -0.05) is 29.8 Å². The second-order valence-electron chi connectivity index (χ2n) is 8.85. The van der Waals surface area contributed by atoms with Crippen LogP contribution in [0.4, 0.5) is 13.2 Å². The first kappa shape index (κ1) is 24.3. The minimum absolute atomic E-state index is 0.111. The van der Waals surface area contributed by atoms with E-state index in [0.29, 0.717) is 22.5 Å². The molecule has 6 nitrogen and oxygen atoms in total. The predicted molar refractivity (Wildman–Crippen MR) is 134 cm³/mol. The third kappa shape index (κ3) is 4.72. The van der Waals surface area contributed by atoms with Crippen molar-refractivity contribution >= 4 is 5.65 Å². The molecule has 5 aromatic rings. The highest BCUT2D eigenvalue weighted by molar-refractivity contribution is 5.65. The number of pyridine rings is 1. The highest BCUT2D eigenvalue weighted by atomic mass is 19.4. The van der Waals surface area contributed by atoms with Gasteiger partial charge >= 0.3 is 6.18 Å². The summed E-state index contributed by atoms with van der Waals surface area (Å²) in [6.45, 7) is 5.53. The van der Waals surface area contributed by atoms with E-state index in [2.05, 4.69) is 10.1 Å². The molecular formula is C28H23F3N4O2. The van der Waals surface area contributed by atoms with E-state index < -0.39 is 11.7 Å². The Bertz CT molecular complexity index is 1670. The molecular weight excluding hydrogens is 481 g/mol. The van der Waals surface area contributed by atoms with Gasteiger partial charge in [-0.2, -0.15) is 18.3 Å². The molecule has 0 bridgehead atoms. The fraction of sp³-hybridized carbons (Fsp3) is 0.179. The summed E-state index contributed by atoms with van der Waals surface area (Å²) in [5, 5.41) is 4.68. The zero-order valence-corrected chi connectivity index (χ0v) is 20.4. The Morgan fingerprint density at radius 2 is 1.70 bits per heavy atom. The maximum Gasteiger partial charge on any atom is 0.416 e. The van der Waals surface area contributed by atoms with Gasteiger partial charge in [0.25, 0.3) is 5.56 Å². The minimum atomic E-state index is -4.44. The van der Waals surface area contributed by atoms with Crippen molar-refractivity contribution in [3.05, 3.63) is 111 Å². The Hall–Kier alpha value is -4.40. The first-order valence-electron chi connectivity index (χ1n) is 11.6. The van der Waals surface area contributed by atoms with Crippen molar-refractivity contribution in [1.29, 1.82) is 0 Å². The molecule has 3 heterocycles. The lowest BCUT2D eigenvalue weighted by atomic mass is 10.1. The van der Waals surface area contributed by atoms with Crippen LogP contribution in [0.3, 0.4) is 0 Å². The highest BCUT2D eigenvalue weighted by Crippen LogP contribution is 2.30. The number of aryl methyl sites for hydroxylation is 3. The van der Waals surface area contributed by atoms with Gasteiger partial charge < -0.3 is 4.74 Å². The van der Waals surface area contributed by atoms with E-state index in [1.54, 1.807) is 36.0 Å². The average molecular weight is 505 g/mol. The lowest BCUT2D eigenvalue weighted by Crippen LogP contribution is -2.19. The van der Waals surface area contributed by atoms with E-state index in [4.69, 9.17) is 4.74 Å². The molecule has 5 rings (SSSR count). The summed E-state index contributed by atoms with van der Waals surface area (Å²) in [5.41, 5.74) is 3.76. The summed E-state index contributed by atoms with van der Waals surface area (Å²) in [6.07, 6.45) is -2.86. The number of benzene rings is 2. The normalized spacial score (nSPS) is 11.7. The molecule has 0 amide bonds. The molecule has 0 spiro atoms. The van der Waals surface area contributed by atoms with Crippen LogP contribution < -0.4 is 10.3 Å². The van der Waals surface area contributed by atoms with Crippen molar-refractivity contribution < 1.29 is 17.9 Å². The van der Waals surface area contributed by atoms with Crippen LogP contribution in [0.1, 0.15) is 28.1 Å². The number of aromatic nitrogens is 4. The van der Waals surface area contributed by atoms with E-state index >= 15 is 0 Å². The number of halogens is 3. The zero-order chi connectivity index (χ0) is 26.3. The monoisotopic (exact) mass is 504 g/mol. The van der Waals surface area contributed by atoms with Crippen molar-refractivity contribution in [2.45, 2.75) is 33.6 Å². The number of hydrogen-bond donors (Lipinski definition) is 0. The van der Waals surface area contributed by atoms with E-state index in [0.717, 1.165) is 29.1 Å². The summed E-state index contributed by atoms with van der Waals surface area (Å²) in [5.74, 6) is 0.285. The Morgan fingerprint density at radius 1 is 0.946 bits per heavy atom. The minimum Gasteiger partial charge on any atom is -0.485 e. The lowest BCUT2D eigenvalue weighted by molar-refractivity contribution is -0.137. The number of alkyl halides is 3. The number of hydrogen-bond acceptors (Lipinski definition) is 4. The first-order chi connectivity index (χ1) is 17.6. The van der Waals surface area contributed by atoms with Crippen LogP contribution in [0.25, 0.3) is 22.6 Å². The van der Waals surface area contributed by atoms with E-state index in [1.165, 1.54) is 10.5 Å². The molecule has 0 aliphatic carbocycles. The van der Waals surface area contributed by atoms with Crippen molar-refractivity contribution in [2.24, 2.45) is 0 Å². The third-order valence-corrected chi connectivity index (χ3v) is 6.07. The molecule has 0 aliphatic heterocycles. The molecule has 0 saturated carbocycles. The Labute approximate surface area is 210 Å². The third-order valence-electron chi connectivity index (χ3n) is 6.07. The molecule has 0 unspecified atom stereocenters. The molecule has 2 aromatic carbocycles. The number of rotatable bonds is 5. The Kier molecular flexibility index (Phi) is 6.07. The van der Waals surface area contributed by atoms with Crippen LogP contribution >= 0.6 is 0 Å². The molecule has 0 aliphatic rings. The van der Waals surface area contributed by atoms with Crippen LogP contribution in [0.15, 0.2) is 77.7 Å². The summed E-state index contributed by atoms with van der Waals surface area (Å²) >= 11 is 0. The molecule has 0 atom stereocenters. The van der Waals surface area contributed by atoms with Gasteiger partial charge in [-0.25, -0.2) is 9.67 Å². The molecule has 0 N–H and O–H groups in total. The quantitative estimate of drug-likeness (QED) is 0.292. The first-order valence-corrected chi connectivity index (χ1v) is 11.6. The second-order valence-corrected chi connectivity index (χ2v) is 8.85. The van der Waals surface area contributed by atoms with Gasteiger partial charge in [0.2, 0.25) is 0 Å². The highest BCUT2D eigenvalue weighted by Gasteiger charge is 2.30. The van der Waals surface area contributed by atoms with Gasteiger partial charge in [-0.15, -0.1) is 0 Å². The predicted octanol–water partition coefficient (Wildman–Crippen LogP) is 6.07. The van der Waals surface area contributed by atoms with Crippen molar-refractivity contribution in [3.8, 4) is 22.7 Å². The van der Waals surface area contributed by atoms with Crippen LogP contribution in [0, 0.1) is 20.8 Å². The fourth-order valence-electron chi connectivity index (χ4n) is 4.19. The van der Waals surface area contributed by atoms with Gasteiger partial charge in [0.05, 0.1) is 22.5 Å². The van der Waals surface area contributed by atoms with Crippen molar-refractivity contribution in [3.63, 3.8) is 0 Å². The molecule has 0 fully saturated rings. The van der Waals surface area contributed by atoms with Crippen molar-refractivity contribution in [2.75, 3.05) is 0 Å². The van der Waals surface area contributed by atoms with Crippen LogP contribution in [-0.2, 0) is 12.8 Å². The molecule has 37 heavy (non-hydrogen) atoms. The van der Waals surface area contributed by atoms with Crippen molar-refractivity contribution in [1.82, 2.24) is 19.2 Å². The Balaban J connectivity index is 1.50. The second kappa shape index (κ2) is 9.24. The topological polar surface area (TPSA) is 61.4 Å². The van der Waals surface area contributed by atoms with Gasteiger partial charge in [0.15, 0.2) is 11.4 Å². The maximum atomic E-state index is 13.5. The SMILES string of the molecule is Cc1ccc(-n2nc(-c3c(C)nc4c(OCc5cccc(C(F)(F)F)c5)cccn4c3=O)cc2C)cc1. The smallest absolute Gasteiger partial charge is 0.416 e. The van der Waals surface area contributed by atoms with Crippen LogP contribution in [0.5, 0.6) is 5.75 Å². The summed E-state index contributed by atoms with van der Waals surface area (Å²) in [6, 6.07) is 18.0. The number of fused-ring (bicyclic) bond motifs is 1. The summed E-state index contributed by atoms with van der Waals surface area (Å²) in [7, 11) is 0. The van der Waals surface area contributed by atoms with Crippen LogP contribution in [-0.4, -0.2) is 19.2 Å². The van der Waals surface area contributed by atoms with E-state index in [1.807, 2.05) is 44.2 Å². The standard InChI is InChI=1S/C28H23F3N4O2/c1-17-9-11-22(12-10-17)35-18(2)14-23(33-35)25-19(3)32-26-24(8-5-13-34(26)27(25)36)37-16-20-6-4-7-21(15-20)28(29,30)31/h4-15H,16H2,1-3H3.